The molecule has 67 heavy (non-hydrogen) atoms. The van der Waals surface area contributed by atoms with E-state index in [1.165, 1.54) is 48.8 Å². The summed E-state index contributed by atoms with van der Waals surface area (Å²) in [5.74, 6) is 1.77. The van der Waals surface area contributed by atoms with Gasteiger partial charge in [0.2, 0.25) is 0 Å². The summed E-state index contributed by atoms with van der Waals surface area (Å²) in [6.45, 7) is 0. The fourth-order valence-electron chi connectivity index (χ4n) is 9.96. The molecule has 0 unspecified atom stereocenters. The highest BCUT2D eigenvalue weighted by Gasteiger charge is 2.19. The Labute approximate surface area is 385 Å². The zero-order valence-electron chi connectivity index (χ0n) is 36.0. The quantitative estimate of drug-likeness (QED) is 0.156. The fourth-order valence-corrected chi connectivity index (χ4v) is 9.96. The van der Waals surface area contributed by atoms with Gasteiger partial charge in [0.15, 0.2) is 17.5 Å². The molecule has 0 N–H and O–H groups in total. The number of benzene rings is 11. The maximum absolute atomic E-state index is 9.45. The first-order chi connectivity index (χ1) is 33.1. The van der Waals surface area contributed by atoms with Crippen molar-refractivity contribution in [3.63, 3.8) is 0 Å². The SMILES string of the molecule is N#Cc1ccc(-c2ccc(-c3cc4c5ccccc5c(-c5cccc(-c6nc(-c7ccccc7)nc(-c7ccc8c(c7)oc7ccccc78)n6)c5)cc4c4ccccc34)c3ccccc23)cc1. The van der Waals surface area contributed by atoms with E-state index < -0.39 is 0 Å². The van der Waals surface area contributed by atoms with Crippen LogP contribution < -0.4 is 0 Å². The molecule has 2 aromatic heterocycles. The highest BCUT2D eigenvalue weighted by atomic mass is 16.3. The third-order valence-corrected chi connectivity index (χ3v) is 13.2. The average molecular weight is 853 g/mol. The van der Waals surface area contributed by atoms with Gasteiger partial charge in [-0.2, -0.15) is 5.26 Å². The Morgan fingerprint density at radius 2 is 0.761 bits per heavy atom. The van der Waals surface area contributed by atoms with Gasteiger partial charge in [0.05, 0.1) is 11.6 Å². The van der Waals surface area contributed by atoms with Gasteiger partial charge >= 0.3 is 0 Å². The Morgan fingerprint density at radius 3 is 1.45 bits per heavy atom. The topological polar surface area (TPSA) is 75.6 Å². The summed E-state index contributed by atoms with van der Waals surface area (Å²) in [5, 5.41) is 21.0. The van der Waals surface area contributed by atoms with E-state index in [0.717, 1.165) is 66.3 Å². The van der Waals surface area contributed by atoms with Crippen LogP contribution in [0, 0.1) is 11.3 Å². The van der Waals surface area contributed by atoms with Gasteiger partial charge in [0.25, 0.3) is 0 Å². The van der Waals surface area contributed by atoms with Crippen LogP contribution in [0.2, 0.25) is 0 Å². The van der Waals surface area contributed by atoms with Gasteiger partial charge in [-0.05, 0) is 125 Å². The highest BCUT2D eigenvalue weighted by Crippen LogP contribution is 2.45. The smallest absolute Gasteiger partial charge is 0.164 e. The van der Waals surface area contributed by atoms with E-state index in [2.05, 4.69) is 146 Å². The lowest BCUT2D eigenvalue weighted by Crippen LogP contribution is -2.00. The molecule has 2 heterocycles. The molecule has 0 saturated heterocycles. The average Bonchev–Trinajstić information content (AvgIpc) is 3.78. The van der Waals surface area contributed by atoms with E-state index in [9.17, 15) is 5.26 Å². The zero-order chi connectivity index (χ0) is 44.4. The van der Waals surface area contributed by atoms with Crippen molar-refractivity contribution in [2.24, 2.45) is 0 Å². The number of rotatable bonds is 6. The molecule has 0 fully saturated rings. The van der Waals surface area contributed by atoms with Crippen molar-refractivity contribution in [1.29, 1.82) is 5.26 Å². The Bertz CT molecular complexity index is 4170. The molecule has 0 radical (unpaired) electrons. The van der Waals surface area contributed by atoms with E-state index >= 15 is 0 Å². The van der Waals surface area contributed by atoms with Gasteiger partial charge in [0, 0.05) is 27.5 Å². The van der Waals surface area contributed by atoms with Crippen molar-refractivity contribution >= 4 is 65.0 Å². The summed E-state index contributed by atoms with van der Waals surface area (Å²) in [6.07, 6.45) is 0. The summed E-state index contributed by atoms with van der Waals surface area (Å²) in [7, 11) is 0. The fraction of sp³-hybridized carbons (Fsp3) is 0. The first-order valence-corrected chi connectivity index (χ1v) is 22.4. The first kappa shape index (κ1) is 38.2. The Hall–Kier alpha value is -9.24. The van der Waals surface area contributed by atoms with Crippen molar-refractivity contribution in [3.8, 4) is 73.6 Å². The Kier molecular flexibility index (Phi) is 8.84. The molecule has 0 aliphatic rings. The molecule has 0 spiro atoms. The van der Waals surface area contributed by atoms with Crippen LogP contribution in [0.4, 0.5) is 0 Å². The van der Waals surface area contributed by atoms with Crippen LogP contribution in [0.15, 0.2) is 223 Å². The van der Waals surface area contributed by atoms with Crippen molar-refractivity contribution in [3.05, 3.63) is 224 Å². The van der Waals surface area contributed by atoms with Crippen LogP contribution in [-0.4, -0.2) is 15.0 Å². The third-order valence-electron chi connectivity index (χ3n) is 13.2. The monoisotopic (exact) mass is 852 g/mol. The minimum absolute atomic E-state index is 0.576. The summed E-state index contributed by atoms with van der Waals surface area (Å²) in [6, 6.07) is 78.5. The van der Waals surface area contributed by atoms with Gasteiger partial charge in [-0.25, -0.2) is 15.0 Å². The number of fused-ring (bicyclic) bond motifs is 9. The van der Waals surface area contributed by atoms with E-state index in [0.29, 0.717) is 23.0 Å². The van der Waals surface area contributed by atoms with E-state index in [1.807, 2.05) is 78.9 Å². The lowest BCUT2D eigenvalue weighted by atomic mass is 9.85. The number of nitriles is 1. The molecule has 0 aliphatic heterocycles. The molecule has 5 nitrogen and oxygen atoms in total. The van der Waals surface area contributed by atoms with Gasteiger partial charge in [-0.1, -0.05) is 170 Å². The molecule has 0 amide bonds. The number of furan rings is 1. The number of hydrogen-bond donors (Lipinski definition) is 0. The van der Waals surface area contributed by atoms with E-state index in [4.69, 9.17) is 19.4 Å². The van der Waals surface area contributed by atoms with Crippen LogP contribution in [0.1, 0.15) is 5.56 Å². The maximum atomic E-state index is 9.45. The summed E-state index contributed by atoms with van der Waals surface area (Å²) >= 11 is 0. The van der Waals surface area contributed by atoms with Crippen LogP contribution in [0.3, 0.4) is 0 Å². The molecule has 11 aromatic carbocycles. The Morgan fingerprint density at radius 1 is 0.284 bits per heavy atom. The maximum Gasteiger partial charge on any atom is 0.164 e. The van der Waals surface area contributed by atoms with Crippen molar-refractivity contribution < 1.29 is 4.42 Å². The minimum Gasteiger partial charge on any atom is -0.456 e. The molecule has 0 saturated carbocycles. The molecule has 0 atom stereocenters. The zero-order valence-corrected chi connectivity index (χ0v) is 36.0. The molecular formula is C62H36N4O. The third kappa shape index (κ3) is 6.43. The number of aromatic nitrogens is 3. The first-order valence-electron chi connectivity index (χ1n) is 22.4. The standard InChI is InChI=1S/C62H36N4O/c63-37-38-25-27-39(28-26-38)44-31-32-51(46-18-5-4-17-45(44)46)55-36-57-48-20-7-6-19-47(48)54(35-56(57)50-22-9-8-21-49(50)55)41-15-12-16-42(33-41)61-64-60(40-13-2-1-3-14-40)65-62(66-61)43-29-30-53-52-23-10-11-24-58(52)67-59(53)34-43/h1-36H. The molecule has 5 heteroatoms. The number of para-hydroxylation sites is 1. The highest BCUT2D eigenvalue weighted by molar-refractivity contribution is 6.25. The lowest BCUT2D eigenvalue weighted by Gasteiger charge is -2.18. The van der Waals surface area contributed by atoms with Crippen molar-refractivity contribution in [2.45, 2.75) is 0 Å². The summed E-state index contributed by atoms with van der Waals surface area (Å²) in [5.41, 5.74) is 11.7. The van der Waals surface area contributed by atoms with Gasteiger partial charge in [0.1, 0.15) is 11.2 Å². The van der Waals surface area contributed by atoms with Crippen molar-refractivity contribution in [2.75, 3.05) is 0 Å². The van der Waals surface area contributed by atoms with E-state index in [1.54, 1.807) is 0 Å². The normalized spacial score (nSPS) is 11.6. The minimum atomic E-state index is 0.576. The number of nitrogens with zero attached hydrogens (tertiary/aromatic N) is 4. The van der Waals surface area contributed by atoms with Crippen LogP contribution in [0.5, 0.6) is 0 Å². The second-order valence-electron chi connectivity index (χ2n) is 17.0. The summed E-state index contributed by atoms with van der Waals surface area (Å²) in [4.78, 5) is 15.3. The second kappa shape index (κ2) is 15.5. The van der Waals surface area contributed by atoms with Gasteiger partial charge in [-0.15, -0.1) is 0 Å². The predicted molar refractivity (Wildman–Crippen MR) is 274 cm³/mol. The second-order valence-corrected chi connectivity index (χ2v) is 17.0. The molecule has 13 rings (SSSR count). The van der Waals surface area contributed by atoms with Crippen LogP contribution in [-0.2, 0) is 0 Å². The molecule has 13 aromatic rings. The Balaban J connectivity index is 0.972. The molecule has 310 valence electrons. The van der Waals surface area contributed by atoms with Crippen LogP contribution in [0.25, 0.3) is 133 Å². The van der Waals surface area contributed by atoms with Crippen molar-refractivity contribution in [1.82, 2.24) is 15.0 Å². The summed E-state index contributed by atoms with van der Waals surface area (Å²) < 4.78 is 6.29. The predicted octanol–water partition coefficient (Wildman–Crippen LogP) is 16.3. The number of hydrogen-bond acceptors (Lipinski definition) is 5. The van der Waals surface area contributed by atoms with Gasteiger partial charge < -0.3 is 4.42 Å². The van der Waals surface area contributed by atoms with E-state index in [-0.39, 0.29) is 0 Å². The largest absolute Gasteiger partial charge is 0.456 e. The lowest BCUT2D eigenvalue weighted by molar-refractivity contribution is 0.669. The molecular weight excluding hydrogens is 817 g/mol. The van der Waals surface area contributed by atoms with Gasteiger partial charge in [-0.3, -0.25) is 0 Å². The molecule has 0 bridgehead atoms. The van der Waals surface area contributed by atoms with Crippen LogP contribution >= 0.6 is 0 Å². The molecule has 0 aliphatic carbocycles.